The summed E-state index contributed by atoms with van der Waals surface area (Å²) >= 11 is 6.12. The van der Waals surface area contributed by atoms with Crippen molar-refractivity contribution in [2.75, 3.05) is 18.1 Å². The molecule has 0 bridgehead atoms. The summed E-state index contributed by atoms with van der Waals surface area (Å²) in [5, 5.41) is 5.47. The minimum atomic E-state index is -0.687. The molecule has 2 aliphatic rings. The number of nitrogen functional groups attached to an aromatic ring is 1. The lowest BCUT2D eigenvalue weighted by atomic mass is 10.0. The van der Waals surface area contributed by atoms with E-state index in [0.29, 0.717) is 10.8 Å². The van der Waals surface area contributed by atoms with E-state index in [1.54, 1.807) is 6.33 Å². The van der Waals surface area contributed by atoms with E-state index in [9.17, 15) is 0 Å². The molecule has 0 radical (unpaired) electrons. The minimum absolute atomic E-state index is 0.145. The SMILES string of the molecule is CNc1ncnc2c1ccn2C1OC(CCc2ccc3cc(Cl)c(N)nc3c2)[C@H]2OC(C)(C)O[C@@H]12. The second-order valence-electron chi connectivity index (χ2n) is 9.48. The number of hydrogen-bond donors (Lipinski definition) is 2. The Morgan fingerprint density at radius 2 is 1.97 bits per heavy atom. The number of pyridine rings is 1. The van der Waals surface area contributed by atoms with Gasteiger partial charge in [-0.15, -0.1) is 0 Å². The van der Waals surface area contributed by atoms with E-state index >= 15 is 0 Å². The van der Waals surface area contributed by atoms with Gasteiger partial charge in [-0.05, 0) is 50.5 Å². The van der Waals surface area contributed by atoms with Gasteiger partial charge in [-0.1, -0.05) is 23.7 Å². The Balaban J connectivity index is 1.27. The van der Waals surface area contributed by atoms with Gasteiger partial charge < -0.3 is 29.8 Å². The van der Waals surface area contributed by atoms with Crippen molar-refractivity contribution < 1.29 is 14.2 Å². The van der Waals surface area contributed by atoms with E-state index in [0.717, 1.165) is 46.2 Å². The van der Waals surface area contributed by atoms with Crippen LogP contribution in [0.3, 0.4) is 0 Å². The number of fused-ring (bicyclic) bond motifs is 3. The molecule has 2 fully saturated rings. The van der Waals surface area contributed by atoms with Crippen molar-refractivity contribution in [1.29, 1.82) is 0 Å². The Labute approximate surface area is 207 Å². The fourth-order valence-electron chi connectivity index (χ4n) is 5.16. The fourth-order valence-corrected chi connectivity index (χ4v) is 5.32. The molecule has 3 aromatic heterocycles. The number of nitrogens with zero attached hydrogens (tertiary/aromatic N) is 4. The van der Waals surface area contributed by atoms with Crippen LogP contribution in [0.25, 0.3) is 21.9 Å². The molecule has 0 amide bonds. The summed E-state index contributed by atoms with van der Waals surface area (Å²) in [6.07, 6.45) is 4.15. The molecule has 4 aromatic rings. The van der Waals surface area contributed by atoms with Crippen molar-refractivity contribution in [3.05, 3.63) is 53.4 Å². The first-order chi connectivity index (χ1) is 16.8. The molecule has 0 spiro atoms. The average molecular weight is 495 g/mol. The molecule has 35 heavy (non-hydrogen) atoms. The summed E-state index contributed by atoms with van der Waals surface area (Å²) in [4.78, 5) is 13.3. The third kappa shape index (κ3) is 3.88. The maximum absolute atomic E-state index is 6.57. The van der Waals surface area contributed by atoms with E-state index < -0.39 is 5.79 Å². The van der Waals surface area contributed by atoms with Gasteiger partial charge in [0.25, 0.3) is 0 Å². The zero-order chi connectivity index (χ0) is 24.3. The standard InChI is InChI=1S/C25H27ClN6O3/c1-25(2)34-19-18(7-5-13-4-6-14-11-16(26)21(27)31-17(14)10-13)33-24(20(19)35-25)32-9-8-15-22(28-3)29-12-30-23(15)32/h4,6,8-12,18-20,24H,5,7H2,1-3H3,(H2,27,31)(H,28,29,30)/t18?,19-,20-,24?/m1/s1. The van der Waals surface area contributed by atoms with Crippen LogP contribution in [-0.2, 0) is 20.6 Å². The van der Waals surface area contributed by atoms with Crippen LogP contribution in [-0.4, -0.2) is 50.7 Å². The Hall–Kier alpha value is -2.98. The van der Waals surface area contributed by atoms with Crippen LogP contribution in [0.1, 0.15) is 32.1 Å². The molecule has 9 nitrogen and oxygen atoms in total. The highest BCUT2D eigenvalue weighted by molar-refractivity contribution is 6.33. The molecule has 10 heteroatoms. The molecule has 4 atom stereocenters. The molecule has 2 aliphatic heterocycles. The van der Waals surface area contributed by atoms with E-state index in [4.69, 9.17) is 31.5 Å². The number of hydrogen-bond acceptors (Lipinski definition) is 8. The van der Waals surface area contributed by atoms with Gasteiger partial charge in [-0.25, -0.2) is 15.0 Å². The number of nitrogens with two attached hydrogens (primary N) is 1. The highest BCUT2D eigenvalue weighted by Crippen LogP contribution is 2.45. The summed E-state index contributed by atoms with van der Waals surface area (Å²) in [7, 11) is 1.85. The molecule has 6 rings (SSSR count). The molecular weight excluding hydrogens is 468 g/mol. The lowest BCUT2D eigenvalue weighted by Crippen LogP contribution is -2.29. The van der Waals surface area contributed by atoms with E-state index in [1.807, 2.05) is 49.9 Å². The molecule has 2 saturated heterocycles. The van der Waals surface area contributed by atoms with Gasteiger partial charge >= 0.3 is 0 Å². The molecule has 2 unspecified atom stereocenters. The van der Waals surface area contributed by atoms with Crippen LogP contribution in [0, 0.1) is 0 Å². The largest absolute Gasteiger partial charge is 0.382 e. The van der Waals surface area contributed by atoms with Crippen LogP contribution in [0.4, 0.5) is 11.6 Å². The van der Waals surface area contributed by atoms with E-state index in [1.165, 1.54) is 0 Å². The van der Waals surface area contributed by atoms with Gasteiger partial charge in [0.05, 0.1) is 22.0 Å². The first kappa shape index (κ1) is 22.5. The number of aryl methyl sites for hydroxylation is 1. The van der Waals surface area contributed by atoms with Gasteiger partial charge in [0, 0.05) is 18.6 Å². The van der Waals surface area contributed by atoms with Crippen LogP contribution in [0.5, 0.6) is 0 Å². The lowest BCUT2D eigenvalue weighted by molar-refractivity contribution is -0.196. The summed E-state index contributed by atoms with van der Waals surface area (Å²) in [6, 6.07) is 10.00. The lowest BCUT2D eigenvalue weighted by Gasteiger charge is -2.25. The Kier molecular flexibility index (Phi) is 5.33. The minimum Gasteiger partial charge on any atom is -0.382 e. The van der Waals surface area contributed by atoms with Crippen LogP contribution >= 0.6 is 11.6 Å². The first-order valence-electron chi connectivity index (χ1n) is 11.7. The predicted octanol–water partition coefficient (Wildman–Crippen LogP) is 4.31. The molecule has 182 valence electrons. The maximum Gasteiger partial charge on any atom is 0.164 e. The van der Waals surface area contributed by atoms with Crippen LogP contribution < -0.4 is 11.1 Å². The zero-order valence-corrected chi connectivity index (χ0v) is 20.5. The predicted molar refractivity (Wildman–Crippen MR) is 134 cm³/mol. The topological polar surface area (TPSA) is 109 Å². The Morgan fingerprint density at radius 3 is 2.80 bits per heavy atom. The van der Waals surface area contributed by atoms with Gasteiger partial charge in [0.1, 0.15) is 35.8 Å². The Bertz CT molecular complexity index is 1420. The third-order valence-corrected chi connectivity index (χ3v) is 7.03. The monoisotopic (exact) mass is 494 g/mol. The van der Waals surface area contributed by atoms with Crippen molar-refractivity contribution in [1.82, 2.24) is 19.5 Å². The smallest absolute Gasteiger partial charge is 0.164 e. The van der Waals surface area contributed by atoms with Gasteiger partial charge in [0.15, 0.2) is 12.0 Å². The van der Waals surface area contributed by atoms with Gasteiger partial charge in [-0.2, -0.15) is 0 Å². The number of rotatable bonds is 5. The molecule has 0 aliphatic carbocycles. The second-order valence-corrected chi connectivity index (χ2v) is 9.89. The summed E-state index contributed by atoms with van der Waals surface area (Å²) < 4.78 is 21.2. The number of aromatic nitrogens is 4. The van der Waals surface area contributed by atoms with Crippen LogP contribution in [0.15, 0.2) is 42.9 Å². The van der Waals surface area contributed by atoms with Crippen molar-refractivity contribution >= 4 is 45.2 Å². The van der Waals surface area contributed by atoms with Crippen molar-refractivity contribution in [3.63, 3.8) is 0 Å². The number of nitrogens with one attached hydrogen (secondary N) is 1. The third-order valence-electron chi connectivity index (χ3n) is 6.73. The quantitative estimate of drug-likeness (QED) is 0.422. The number of ether oxygens (including phenoxy) is 3. The zero-order valence-electron chi connectivity index (χ0n) is 19.7. The van der Waals surface area contributed by atoms with Crippen molar-refractivity contribution in [3.8, 4) is 0 Å². The summed E-state index contributed by atoms with van der Waals surface area (Å²) in [5.41, 5.74) is 8.67. The number of benzene rings is 1. The van der Waals surface area contributed by atoms with Crippen LogP contribution in [0.2, 0.25) is 5.02 Å². The van der Waals surface area contributed by atoms with Gasteiger partial charge in [-0.3, -0.25) is 0 Å². The molecule has 0 saturated carbocycles. The summed E-state index contributed by atoms with van der Waals surface area (Å²) in [6.45, 7) is 3.89. The van der Waals surface area contributed by atoms with Crippen molar-refractivity contribution in [2.24, 2.45) is 0 Å². The average Bonchev–Trinajstić information content (AvgIpc) is 3.49. The van der Waals surface area contributed by atoms with Crippen molar-refractivity contribution in [2.45, 2.75) is 57.0 Å². The first-order valence-corrected chi connectivity index (χ1v) is 12.1. The molecule has 1 aromatic carbocycles. The normalized spacial score (nSPS) is 25.4. The molecule has 3 N–H and O–H groups in total. The second kappa shape index (κ2) is 8.30. The highest BCUT2D eigenvalue weighted by Gasteiger charge is 2.55. The van der Waals surface area contributed by atoms with E-state index in [-0.39, 0.29) is 24.5 Å². The molecular formula is C25H27ClN6O3. The molecule has 5 heterocycles. The Morgan fingerprint density at radius 1 is 1.14 bits per heavy atom. The van der Waals surface area contributed by atoms with Gasteiger partial charge in [0.2, 0.25) is 0 Å². The van der Waals surface area contributed by atoms with E-state index in [2.05, 4.69) is 32.4 Å². The number of halogens is 1. The fraction of sp³-hybridized carbons (Fsp3) is 0.400. The maximum atomic E-state index is 6.57. The summed E-state index contributed by atoms with van der Waals surface area (Å²) in [5.74, 6) is 0.424. The highest BCUT2D eigenvalue weighted by atomic mass is 35.5. The number of anilines is 2.